The van der Waals surface area contributed by atoms with Crippen LogP contribution in [0.25, 0.3) is 0 Å². The number of nitrogens with two attached hydrogens (primary N) is 2. The van der Waals surface area contributed by atoms with Crippen LogP contribution < -0.4 is 11.5 Å². The van der Waals surface area contributed by atoms with Gasteiger partial charge in [0.05, 0.1) is 11.1 Å². The van der Waals surface area contributed by atoms with E-state index < -0.39 is 52.9 Å². The fraction of sp³-hybridized carbons (Fsp3) is 0.267. The molecule has 136 valence electrons. The Morgan fingerprint density at radius 3 is 2.32 bits per heavy atom. The van der Waals surface area contributed by atoms with Gasteiger partial charge in [0.15, 0.2) is 6.61 Å². The number of hydrogen-bond donors (Lipinski definition) is 3. The number of halogens is 4. The van der Waals surface area contributed by atoms with E-state index in [2.05, 4.69) is 4.74 Å². The molecule has 0 heterocycles. The van der Waals surface area contributed by atoms with Crippen molar-refractivity contribution in [3.63, 3.8) is 0 Å². The van der Waals surface area contributed by atoms with Crippen LogP contribution in [0.2, 0.25) is 0 Å². The van der Waals surface area contributed by atoms with Crippen molar-refractivity contribution in [1.29, 1.82) is 5.41 Å². The van der Waals surface area contributed by atoms with Crippen LogP contribution in [0.3, 0.4) is 0 Å². The Labute approximate surface area is 139 Å². The minimum Gasteiger partial charge on any atom is -0.454 e. The van der Waals surface area contributed by atoms with Gasteiger partial charge in [-0.05, 0) is 18.6 Å². The molecule has 0 saturated heterocycles. The molecule has 1 aromatic rings. The summed E-state index contributed by atoms with van der Waals surface area (Å²) >= 11 is 0. The maximum atomic E-state index is 13.8. The van der Waals surface area contributed by atoms with Crippen LogP contribution in [0.1, 0.15) is 29.3 Å². The molecular weight excluding hydrogens is 346 g/mol. The highest BCUT2D eigenvalue weighted by molar-refractivity contribution is 6.17. The van der Waals surface area contributed by atoms with Crippen LogP contribution in [-0.4, -0.2) is 24.2 Å². The molecule has 0 unspecified atom stereocenters. The van der Waals surface area contributed by atoms with Gasteiger partial charge >= 0.3 is 12.1 Å². The number of ether oxygens (including phenoxy) is 1. The molecule has 5 N–H and O–H groups in total. The number of hydrogen-bond acceptors (Lipinski definition) is 5. The highest BCUT2D eigenvalue weighted by Gasteiger charge is 2.35. The van der Waals surface area contributed by atoms with E-state index in [9.17, 15) is 27.2 Å². The maximum Gasteiger partial charge on any atom is 0.419 e. The molecule has 0 aliphatic rings. The summed E-state index contributed by atoms with van der Waals surface area (Å²) in [4.78, 5) is 23.7. The average molecular weight is 361 g/mol. The van der Waals surface area contributed by atoms with E-state index in [1.54, 1.807) is 6.92 Å². The van der Waals surface area contributed by atoms with Crippen molar-refractivity contribution >= 4 is 17.6 Å². The Bertz CT molecular complexity index is 742. The van der Waals surface area contributed by atoms with Crippen molar-refractivity contribution in [2.45, 2.75) is 19.5 Å². The molecule has 0 aromatic heterocycles. The van der Waals surface area contributed by atoms with Crippen molar-refractivity contribution in [1.82, 2.24) is 0 Å². The molecule has 0 aliphatic heterocycles. The highest BCUT2D eigenvalue weighted by atomic mass is 19.4. The second kappa shape index (κ2) is 7.77. The van der Waals surface area contributed by atoms with Crippen molar-refractivity contribution in [2.75, 3.05) is 6.61 Å². The predicted molar refractivity (Wildman–Crippen MR) is 80.1 cm³/mol. The van der Waals surface area contributed by atoms with Gasteiger partial charge in [-0.25, -0.2) is 9.18 Å². The zero-order chi connectivity index (χ0) is 19.4. The summed E-state index contributed by atoms with van der Waals surface area (Å²) < 4.78 is 56.3. The Morgan fingerprint density at radius 1 is 1.24 bits per heavy atom. The number of benzene rings is 1. The van der Waals surface area contributed by atoms with Gasteiger partial charge in [0.25, 0.3) is 0 Å². The number of alkyl halides is 3. The van der Waals surface area contributed by atoms with Gasteiger partial charge < -0.3 is 16.2 Å². The topological polar surface area (TPSA) is 119 Å². The first-order chi connectivity index (χ1) is 11.5. The van der Waals surface area contributed by atoms with Gasteiger partial charge in [0, 0.05) is 5.70 Å². The number of nitrogens with one attached hydrogen (secondary N) is 1. The lowest BCUT2D eigenvalue weighted by Gasteiger charge is -2.12. The zero-order valence-corrected chi connectivity index (χ0v) is 13.0. The van der Waals surface area contributed by atoms with E-state index in [0.29, 0.717) is 6.07 Å². The molecule has 1 aromatic carbocycles. The summed E-state index contributed by atoms with van der Waals surface area (Å²) in [6.45, 7) is 0.541. The monoisotopic (exact) mass is 361 g/mol. The summed E-state index contributed by atoms with van der Waals surface area (Å²) in [5.74, 6) is -4.84. The molecule has 0 amide bonds. The van der Waals surface area contributed by atoms with E-state index in [-0.39, 0.29) is 12.1 Å². The van der Waals surface area contributed by atoms with E-state index in [4.69, 9.17) is 16.9 Å². The van der Waals surface area contributed by atoms with E-state index in [1.165, 1.54) is 0 Å². The molecule has 0 fully saturated rings. The number of esters is 1. The van der Waals surface area contributed by atoms with Crippen LogP contribution in [-0.2, 0) is 15.7 Å². The molecule has 6 nitrogen and oxygen atoms in total. The molecule has 0 radical (unpaired) electrons. The fourth-order valence-electron chi connectivity index (χ4n) is 1.84. The smallest absolute Gasteiger partial charge is 0.419 e. The number of amidine groups is 1. The van der Waals surface area contributed by atoms with E-state index in [0.717, 1.165) is 12.1 Å². The summed E-state index contributed by atoms with van der Waals surface area (Å²) in [6.07, 6.45) is -4.81. The second-order valence-electron chi connectivity index (χ2n) is 4.83. The fourth-order valence-corrected chi connectivity index (χ4v) is 1.84. The third kappa shape index (κ3) is 4.78. The number of rotatable bonds is 6. The van der Waals surface area contributed by atoms with Gasteiger partial charge in [-0.3, -0.25) is 10.2 Å². The number of allylic oxidation sites excluding steroid dienone is 1. The Hall–Kier alpha value is -2.91. The van der Waals surface area contributed by atoms with Gasteiger partial charge in [-0.2, -0.15) is 13.2 Å². The van der Waals surface area contributed by atoms with Crippen molar-refractivity contribution in [3.8, 4) is 0 Å². The van der Waals surface area contributed by atoms with Crippen LogP contribution >= 0.6 is 0 Å². The quantitative estimate of drug-likeness (QED) is 0.179. The zero-order valence-electron chi connectivity index (χ0n) is 13.0. The number of carbonyl (C=O) groups is 2. The Morgan fingerprint density at radius 2 is 1.84 bits per heavy atom. The van der Waals surface area contributed by atoms with Crippen LogP contribution in [0.15, 0.2) is 29.5 Å². The first kappa shape index (κ1) is 20.1. The lowest BCUT2D eigenvalue weighted by molar-refractivity contribution is -0.140. The Kier molecular flexibility index (Phi) is 6.26. The van der Waals surface area contributed by atoms with Crippen molar-refractivity contribution in [3.05, 3.63) is 46.4 Å². The predicted octanol–water partition coefficient (Wildman–Crippen LogP) is 2.13. The molecule has 10 heteroatoms. The third-order valence-electron chi connectivity index (χ3n) is 3.11. The first-order valence-corrected chi connectivity index (χ1v) is 6.89. The molecule has 0 aliphatic carbocycles. The highest BCUT2D eigenvalue weighted by Crippen LogP contribution is 2.32. The largest absolute Gasteiger partial charge is 0.454 e. The lowest BCUT2D eigenvalue weighted by Crippen LogP contribution is -2.27. The standard InChI is InChI=1S/C15H15F4N3O3/c1-2-9(20)11(13(21)22)14(24)25-6-10(23)7-4-3-5-8(12(7)16)15(17,18)19/h3-5H,2,6,20H2,1H3,(H3,21,22). The average Bonchev–Trinajstić information content (AvgIpc) is 2.51. The summed E-state index contributed by atoms with van der Waals surface area (Å²) in [7, 11) is 0. The van der Waals surface area contributed by atoms with Crippen LogP contribution in [0.5, 0.6) is 0 Å². The molecular formula is C15H15F4N3O3. The molecule has 0 saturated carbocycles. The Balaban J connectivity index is 2.99. The minimum atomic E-state index is -4.98. The molecule has 0 atom stereocenters. The van der Waals surface area contributed by atoms with Gasteiger partial charge in [0.2, 0.25) is 5.78 Å². The first-order valence-electron chi connectivity index (χ1n) is 6.89. The lowest BCUT2D eigenvalue weighted by atomic mass is 10.1. The summed E-state index contributed by atoms with van der Waals surface area (Å²) in [5.41, 5.74) is 7.71. The van der Waals surface area contributed by atoms with Gasteiger partial charge in [-0.15, -0.1) is 0 Å². The van der Waals surface area contributed by atoms with Crippen LogP contribution in [0.4, 0.5) is 17.6 Å². The molecule has 0 bridgehead atoms. The molecule has 1 rings (SSSR count). The minimum absolute atomic E-state index is 0.0600. The maximum absolute atomic E-state index is 13.8. The van der Waals surface area contributed by atoms with Crippen molar-refractivity contribution < 1.29 is 31.9 Å². The SMILES string of the molecule is CCC(N)=C(C(=N)N)C(=O)OCC(=O)c1cccc(C(F)(F)F)c1F. The van der Waals surface area contributed by atoms with Gasteiger partial charge in [-0.1, -0.05) is 13.0 Å². The second-order valence-corrected chi connectivity index (χ2v) is 4.83. The summed E-state index contributed by atoms with van der Waals surface area (Å²) in [5, 5.41) is 7.27. The number of Topliss-reactive ketones (excluding diaryl/α,β-unsaturated/α-hetero) is 1. The molecule has 0 spiro atoms. The number of carbonyl (C=O) groups excluding carboxylic acids is 2. The normalized spacial score (nSPS) is 12.4. The van der Waals surface area contributed by atoms with E-state index in [1.807, 2.05) is 0 Å². The number of ketones is 1. The summed E-state index contributed by atoms with van der Waals surface area (Å²) in [6, 6.07) is 2.18. The third-order valence-corrected chi connectivity index (χ3v) is 3.11. The molecule has 25 heavy (non-hydrogen) atoms. The van der Waals surface area contributed by atoms with Crippen molar-refractivity contribution in [2.24, 2.45) is 11.5 Å². The van der Waals surface area contributed by atoms with Crippen LogP contribution in [0, 0.1) is 11.2 Å². The van der Waals surface area contributed by atoms with Gasteiger partial charge in [0.1, 0.15) is 17.2 Å². The van der Waals surface area contributed by atoms with E-state index >= 15 is 0 Å².